The minimum absolute atomic E-state index is 0.267. The number of aryl methyl sites for hydroxylation is 1. The summed E-state index contributed by atoms with van der Waals surface area (Å²) in [4.78, 5) is 30.2. The fraction of sp³-hybridized carbons (Fsp3) is 0.214. The van der Waals surface area contributed by atoms with E-state index in [4.69, 9.17) is 0 Å². The van der Waals surface area contributed by atoms with E-state index in [1.165, 1.54) is 11.6 Å². The Kier molecular flexibility index (Phi) is 3.19. The minimum atomic E-state index is -0.527. The zero-order valence-corrected chi connectivity index (χ0v) is 11.4. The Hall–Kier alpha value is -2.67. The lowest BCUT2D eigenvalue weighted by molar-refractivity contribution is 0.267. The maximum Gasteiger partial charge on any atom is 0.329 e. The Labute approximate surface area is 119 Å². The molecule has 0 spiro atoms. The van der Waals surface area contributed by atoms with Crippen molar-refractivity contribution in [2.75, 3.05) is 0 Å². The number of aliphatic hydroxyl groups excluding tert-OH is 1. The van der Waals surface area contributed by atoms with Gasteiger partial charge in [-0.05, 0) is 5.56 Å². The Morgan fingerprint density at radius 3 is 2.62 bits per heavy atom. The van der Waals surface area contributed by atoms with Crippen LogP contribution in [-0.2, 0) is 20.2 Å². The molecule has 108 valence electrons. The molecule has 2 heterocycles. The predicted molar refractivity (Wildman–Crippen MR) is 77.1 cm³/mol. The number of fused-ring (bicyclic) bond motifs is 1. The largest absolute Gasteiger partial charge is 0.388 e. The Bertz CT molecular complexity index is 906. The van der Waals surface area contributed by atoms with Crippen LogP contribution in [0, 0.1) is 0 Å². The third kappa shape index (κ3) is 2.17. The SMILES string of the molecule is Cn1c(=O)[nH]c(=O)c2c1nc(CO)n2Cc1ccccc1. The predicted octanol–water partition coefficient (Wildman–Crippen LogP) is -0.0361. The van der Waals surface area contributed by atoms with Gasteiger partial charge in [-0.1, -0.05) is 30.3 Å². The van der Waals surface area contributed by atoms with Crippen LogP contribution in [0.25, 0.3) is 11.2 Å². The second-order valence-corrected chi connectivity index (χ2v) is 4.75. The zero-order valence-electron chi connectivity index (χ0n) is 11.4. The van der Waals surface area contributed by atoms with Crippen molar-refractivity contribution in [2.45, 2.75) is 13.2 Å². The summed E-state index contributed by atoms with van der Waals surface area (Å²) < 4.78 is 2.89. The van der Waals surface area contributed by atoms with E-state index in [0.717, 1.165) is 5.56 Å². The molecule has 3 rings (SSSR count). The molecule has 0 bridgehead atoms. The average Bonchev–Trinajstić information content (AvgIpc) is 2.85. The molecule has 1 aromatic carbocycles. The van der Waals surface area contributed by atoms with E-state index in [9.17, 15) is 14.7 Å². The van der Waals surface area contributed by atoms with Crippen molar-refractivity contribution in [3.05, 3.63) is 62.6 Å². The van der Waals surface area contributed by atoms with Gasteiger partial charge in [0.2, 0.25) is 0 Å². The van der Waals surface area contributed by atoms with Crippen LogP contribution in [0.4, 0.5) is 0 Å². The van der Waals surface area contributed by atoms with Gasteiger partial charge in [0.15, 0.2) is 11.2 Å². The lowest BCUT2D eigenvalue weighted by Gasteiger charge is -2.07. The molecule has 2 aromatic heterocycles. The lowest BCUT2D eigenvalue weighted by atomic mass is 10.2. The average molecular weight is 286 g/mol. The van der Waals surface area contributed by atoms with Crippen LogP contribution in [-0.4, -0.2) is 24.2 Å². The molecule has 2 N–H and O–H groups in total. The van der Waals surface area contributed by atoms with Crippen LogP contribution in [0.15, 0.2) is 39.9 Å². The fourth-order valence-corrected chi connectivity index (χ4v) is 2.34. The zero-order chi connectivity index (χ0) is 15.0. The van der Waals surface area contributed by atoms with Gasteiger partial charge in [0.1, 0.15) is 12.4 Å². The molecule has 0 saturated carbocycles. The maximum absolute atomic E-state index is 12.1. The first-order chi connectivity index (χ1) is 10.1. The van der Waals surface area contributed by atoms with E-state index in [-0.39, 0.29) is 17.8 Å². The number of aromatic amines is 1. The highest BCUT2D eigenvalue weighted by Gasteiger charge is 2.16. The second-order valence-electron chi connectivity index (χ2n) is 4.75. The molecular weight excluding hydrogens is 272 g/mol. The fourth-order valence-electron chi connectivity index (χ4n) is 2.34. The molecule has 0 radical (unpaired) electrons. The summed E-state index contributed by atoms with van der Waals surface area (Å²) in [5, 5.41) is 9.47. The number of aliphatic hydroxyl groups is 1. The van der Waals surface area contributed by atoms with Gasteiger partial charge in [0.25, 0.3) is 5.56 Å². The summed E-state index contributed by atoms with van der Waals surface area (Å²) in [6.07, 6.45) is 0. The third-order valence-electron chi connectivity index (χ3n) is 3.41. The first kappa shape index (κ1) is 13.3. The van der Waals surface area contributed by atoms with Crippen molar-refractivity contribution < 1.29 is 5.11 Å². The molecule has 0 saturated heterocycles. The van der Waals surface area contributed by atoms with E-state index in [1.807, 2.05) is 30.3 Å². The van der Waals surface area contributed by atoms with Gasteiger partial charge >= 0.3 is 5.69 Å². The number of nitrogens with one attached hydrogen (secondary N) is 1. The number of hydrogen-bond acceptors (Lipinski definition) is 4. The topological polar surface area (TPSA) is 92.9 Å². The van der Waals surface area contributed by atoms with Crippen molar-refractivity contribution >= 4 is 11.2 Å². The number of nitrogens with zero attached hydrogens (tertiary/aromatic N) is 3. The van der Waals surface area contributed by atoms with Crippen LogP contribution in [0.1, 0.15) is 11.4 Å². The number of hydrogen-bond donors (Lipinski definition) is 2. The van der Waals surface area contributed by atoms with Gasteiger partial charge < -0.3 is 9.67 Å². The number of benzene rings is 1. The van der Waals surface area contributed by atoms with Gasteiger partial charge in [-0.25, -0.2) is 9.78 Å². The summed E-state index contributed by atoms with van der Waals surface area (Å²) in [5.74, 6) is 0.348. The van der Waals surface area contributed by atoms with Crippen LogP contribution >= 0.6 is 0 Å². The highest BCUT2D eigenvalue weighted by atomic mass is 16.3. The number of imidazole rings is 1. The lowest BCUT2D eigenvalue weighted by Crippen LogP contribution is -2.29. The van der Waals surface area contributed by atoms with E-state index in [0.29, 0.717) is 12.4 Å². The molecule has 0 atom stereocenters. The number of H-pyrrole nitrogens is 1. The van der Waals surface area contributed by atoms with Gasteiger partial charge in [0.05, 0.1) is 0 Å². The molecular formula is C14H14N4O3. The van der Waals surface area contributed by atoms with Crippen molar-refractivity contribution in [2.24, 2.45) is 7.05 Å². The number of rotatable bonds is 3. The van der Waals surface area contributed by atoms with Gasteiger partial charge in [-0.2, -0.15) is 0 Å². The highest BCUT2D eigenvalue weighted by molar-refractivity contribution is 5.71. The van der Waals surface area contributed by atoms with Crippen molar-refractivity contribution in [1.29, 1.82) is 0 Å². The first-order valence-corrected chi connectivity index (χ1v) is 6.45. The van der Waals surface area contributed by atoms with E-state index < -0.39 is 11.2 Å². The van der Waals surface area contributed by atoms with Crippen LogP contribution in [0.3, 0.4) is 0 Å². The first-order valence-electron chi connectivity index (χ1n) is 6.45. The van der Waals surface area contributed by atoms with Crippen molar-refractivity contribution in [3.63, 3.8) is 0 Å². The highest BCUT2D eigenvalue weighted by Crippen LogP contribution is 2.13. The smallest absolute Gasteiger partial charge is 0.329 e. The molecule has 0 aliphatic rings. The minimum Gasteiger partial charge on any atom is -0.388 e. The molecule has 3 aromatic rings. The van der Waals surface area contributed by atoms with Crippen LogP contribution in [0.5, 0.6) is 0 Å². The molecule has 0 aliphatic heterocycles. The van der Waals surface area contributed by atoms with Gasteiger partial charge in [-0.3, -0.25) is 14.3 Å². The van der Waals surface area contributed by atoms with E-state index in [1.54, 1.807) is 4.57 Å². The van der Waals surface area contributed by atoms with Gasteiger partial charge in [-0.15, -0.1) is 0 Å². The van der Waals surface area contributed by atoms with Gasteiger partial charge in [0, 0.05) is 13.6 Å². The molecule has 7 nitrogen and oxygen atoms in total. The number of aromatic nitrogens is 4. The molecule has 0 amide bonds. The molecule has 21 heavy (non-hydrogen) atoms. The standard InChI is InChI=1S/C14H14N4O3/c1-17-12-11(13(20)16-14(17)21)18(10(8-19)15-12)7-9-5-3-2-4-6-9/h2-6,19H,7-8H2,1H3,(H,16,20,21). The summed E-state index contributed by atoms with van der Waals surface area (Å²) in [7, 11) is 1.53. The second kappa shape index (κ2) is 5.02. The molecule has 0 unspecified atom stereocenters. The maximum atomic E-state index is 12.1. The Balaban J connectivity index is 2.28. The van der Waals surface area contributed by atoms with E-state index >= 15 is 0 Å². The quantitative estimate of drug-likeness (QED) is 0.707. The molecule has 0 fully saturated rings. The molecule has 7 heteroatoms. The normalized spacial score (nSPS) is 11.1. The van der Waals surface area contributed by atoms with Crippen LogP contribution < -0.4 is 11.2 Å². The Morgan fingerprint density at radius 2 is 1.95 bits per heavy atom. The van der Waals surface area contributed by atoms with Crippen LogP contribution in [0.2, 0.25) is 0 Å². The summed E-state index contributed by atoms with van der Waals surface area (Å²) >= 11 is 0. The summed E-state index contributed by atoms with van der Waals surface area (Å²) in [5.41, 5.74) is 0.492. The van der Waals surface area contributed by atoms with Crippen molar-refractivity contribution in [3.8, 4) is 0 Å². The summed E-state index contributed by atoms with van der Waals surface area (Å²) in [6.45, 7) is 0.0870. The van der Waals surface area contributed by atoms with E-state index in [2.05, 4.69) is 9.97 Å². The monoisotopic (exact) mass is 286 g/mol. The third-order valence-corrected chi connectivity index (χ3v) is 3.41. The molecule has 0 aliphatic carbocycles. The van der Waals surface area contributed by atoms with Crippen molar-refractivity contribution in [1.82, 2.24) is 19.1 Å². The summed E-state index contributed by atoms with van der Waals surface area (Å²) in [6, 6.07) is 9.53. The Morgan fingerprint density at radius 1 is 1.24 bits per heavy atom.